The molecule has 0 bridgehead atoms. The van der Waals surface area contributed by atoms with Crippen LogP contribution in [0.5, 0.6) is 0 Å². The quantitative estimate of drug-likeness (QED) is 0.771. The number of halogens is 2. The predicted molar refractivity (Wildman–Crippen MR) is 53.5 cm³/mol. The molecule has 1 aliphatic rings. The van der Waals surface area contributed by atoms with Crippen molar-refractivity contribution in [3.8, 4) is 6.07 Å². The zero-order valence-electron chi connectivity index (χ0n) is 8.67. The van der Waals surface area contributed by atoms with E-state index in [1.807, 2.05) is 0 Å². The van der Waals surface area contributed by atoms with Crippen molar-refractivity contribution < 1.29 is 13.5 Å². The lowest BCUT2D eigenvalue weighted by atomic mass is 9.82. The van der Waals surface area contributed by atoms with Gasteiger partial charge in [-0.3, -0.25) is 0 Å². The Kier molecular flexibility index (Phi) is 2.88. The van der Waals surface area contributed by atoms with E-state index in [1.165, 1.54) is 12.1 Å². The number of ether oxygens (including phenoxy) is 1. The van der Waals surface area contributed by atoms with Gasteiger partial charge in [-0.1, -0.05) is 6.07 Å². The Bertz CT molecular complexity index is 433. The molecule has 1 heterocycles. The Balaban J connectivity index is 2.23. The molecule has 84 valence electrons. The highest BCUT2D eigenvalue weighted by atomic mass is 19.1. The van der Waals surface area contributed by atoms with E-state index in [0.717, 1.165) is 6.07 Å². The van der Waals surface area contributed by atoms with Gasteiger partial charge in [0.25, 0.3) is 0 Å². The maximum Gasteiger partial charge on any atom is 0.129 e. The van der Waals surface area contributed by atoms with Crippen LogP contribution in [0.3, 0.4) is 0 Å². The summed E-state index contributed by atoms with van der Waals surface area (Å²) in [7, 11) is 0. The van der Waals surface area contributed by atoms with E-state index in [9.17, 15) is 8.78 Å². The van der Waals surface area contributed by atoms with Crippen LogP contribution in [0.15, 0.2) is 18.2 Å². The molecule has 2 nitrogen and oxygen atoms in total. The number of hydrogen-bond acceptors (Lipinski definition) is 2. The van der Waals surface area contributed by atoms with E-state index >= 15 is 0 Å². The SMILES string of the molecule is N#CC1(Cc2ccc(F)cc2F)CCOC1. The molecule has 1 saturated heterocycles. The lowest BCUT2D eigenvalue weighted by Crippen LogP contribution is -2.22. The summed E-state index contributed by atoms with van der Waals surface area (Å²) in [5.41, 5.74) is -0.285. The molecule has 0 N–H and O–H groups in total. The molecule has 0 aliphatic carbocycles. The monoisotopic (exact) mass is 223 g/mol. The van der Waals surface area contributed by atoms with Crippen LogP contribution in [0, 0.1) is 28.4 Å². The standard InChI is InChI=1S/C12H11F2NO/c13-10-2-1-9(11(14)5-10)6-12(7-15)3-4-16-8-12/h1-2,5H,3-4,6,8H2. The number of nitriles is 1. The van der Waals surface area contributed by atoms with E-state index < -0.39 is 17.0 Å². The van der Waals surface area contributed by atoms with Crippen LogP contribution >= 0.6 is 0 Å². The second-order valence-electron chi connectivity index (χ2n) is 4.11. The molecule has 16 heavy (non-hydrogen) atoms. The number of benzene rings is 1. The third kappa shape index (κ3) is 2.05. The molecule has 0 saturated carbocycles. The molecule has 1 aliphatic heterocycles. The summed E-state index contributed by atoms with van der Waals surface area (Å²) >= 11 is 0. The molecule has 2 rings (SSSR count). The molecule has 1 aromatic rings. The van der Waals surface area contributed by atoms with Gasteiger partial charge in [0.15, 0.2) is 0 Å². The summed E-state index contributed by atoms with van der Waals surface area (Å²) in [6.45, 7) is 0.844. The average molecular weight is 223 g/mol. The molecule has 1 atom stereocenters. The second-order valence-corrected chi connectivity index (χ2v) is 4.11. The maximum absolute atomic E-state index is 13.4. The molecular formula is C12H11F2NO. The van der Waals surface area contributed by atoms with Gasteiger partial charge in [-0.15, -0.1) is 0 Å². The van der Waals surface area contributed by atoms with E-state index in [2.05, 4.69) is 6.07 Å². The molecular weight excluding hydrogens is 212 g/mol. The van der Waals surface area contributed by atoms with Crippen molar-refractivity contribution in [3.05, 3.63) is 35.4 Å². The number of hydrogen-bond donors (Lipinski definition) is 0. The first kappa shape index (κ1) is 11.0. The minimum Gasteiger partial charge on any atom is -0.380 e. The summed E-state index contributed by atoms with van der Waals surface area (Å²) in [6, 6.07) is 5.62. The fourth-order valence-electron chi connectivity index (χ4n) is 1.90. The Morgan fingerprint density at radius 2 is 2.25 bits per heavy atom. The fourth-order valence-corrected chi connectivity index (χ4v) is 1.90. The van der Waals surface area contributed by atoms with E-state index in [0.29, 0.717) is 25.2 Å². The van der Waals surface area contributed by atoms with Crippen LogP contribution in [0.4, 0.5) is 8.78 Å². The van der Waals surface area contributed by atoms with Crippen molar-refractivity contribution in [2.45, 2.75) is 12.8 Å². The summed E-state index contributed by atoms with van der Waals surface area (Å²) in [6.07, 6.45) is 0.871. The Morgan fingerprint density at radius 3 is 2.81 bits per heavy atom. The Morgan fingerprint density at radius 1 is 1.44 bits per heavy atom. The molecule has 1 aromatic carbocycles. The molecule has 1 fully saturated rings. The van der Waals surface area contributed by atoms with Gasteiger partial charge >= 0.3 is 0 Å². The molecule has 0 radical (unpaired) electrons. The van der Waals surface area contributed by atoms with Crippen molar-refractivity contribution in [1.82, 2.24) is 0 Å². The topological polar surface area (TPSA) is 33.0 Å². The lowest BCUT2D eigenvalue weighted by molar-refractivity contribution is 0.171. The molecule has 0 aromatic heterocycles. The van der Waals surface area contributed by atoms with Crippen molar-refractivity contribution in [1.29, 1.82) is 5.26 Å². The van der Waals surface area contributed by atoms with Crippen LogP contribution < -0.4 is 0 Å². The molecule has 1 unspecified atom stereocenters. The summed E-state index contributed by atoms with van der Waals surface area (Å²) in [5.74, 6) is -1.20. The zero-order valence-corrected chi connectivity index (χ0v) is 8.67. The Labute approximate surface area is 92.5 Å². The minimum atomic E-state index is -0.654. The highest BCUT2D eigenvalue weighted by Crippen LogP contribution is 2.32. The van der Waals surface area contributed by atoms with Gasteiger partial charge in [0, 0.05) is 12.7 Å². The van der Waals surface area contributed by atoms with Crippen LogP contribution in [0.2, 0.25) is 0 Å². The summed E-state index contributed by atoms with van der Waals surface area (Å²) < 4.78 is 31.3. The zero-order chi connectivity index (χ0) is 11.6. The summed E-state index contributed by atoms with van der Waals surface area (Å²) in [4.78, 5) is 0. The predicted octanol–water partition coefficient (Wildman–Crippen LogP) is 2.44. The third-order valence-corrected chi connectivity index (χ3v) is 2.88. The van der Waals surface area contributed by atoms with Gasteiger partial charge in [0.1, 0.15) is 11.6 Å². The van der Waals surface area contributed by atoms with Crippen molar-refractivity contribution >= 4 is 0 Å². The van der Waals surface area contributed by atoms with Gasteiger partial charge < -0.3 is 4.74 Å². The molecule has 0 amide bonds. The van der Waals surface area contributed by atoms with Crippen LogP contribution in [-0.4, -0.2) is 13.2 Å². The first-order chi connectivity index (χ1) is 7.65. The van der Waals surface area contributed by atoms with Crippen molar-refractivity contribution in [3.63, 3.8) is 0 Å². The van der Waals surface area contributed by atoms with Gasteiger partial charge in [-0.05, 0) is 24.5 Å². The van der Waals surface area contributed by atoms with Crippen LogP contribution in [-0.2, 0) is 11.2 Å². The minimum absolute atomic E-state index is 0.273. The number of nitrogens with zero attached hydrogens (tertiary/aromatic N) is 1. The van der Waals surface area contributed by atoms with Gasteiger partial charge in [0.2, 0.25) is 0 Å². The Hall–Kier alpha value is -1.47. The fraction of sp³-hybridized carbons (Fsp3) is 0.417. The average Bonchev–Trinajstić information content (AvgIpc) is 2.72. The van der Waals surface area contributed by atoms with Crippen LogP contribution in [0.1, 0.15) is 12.0 Å². The highest BCUT2D eigenvalue weighted by Gasteiger charge is 2.35. The van der Waals surface area contributed by atoms with Crippen LogP contribution in [0.25, 0.3) is 0 Å². The second kappa shape index (κ2) is 4.18. The molecule has 4 heteroatoms. The first-order valence-corrected chi connectivity index (χ1v) is 5.08. The van der Waals surface area contributed by atoms with Gasteiger partial charge in [-0.2, -0.15) is 5.26 Å². The van der Waals surface area contributed by atoms with Crippen molar-refractivity contribution in [2.75, 3.05) is 13.2 Å². The third-order valence-electron chi connectivity index (χ3n) is 2.88. The van der Waals surface area contributed by atoms with Crippen molar-refractivity contribution in [2.24, 2.45) is 5.41 Å². The van der Waals surface area contributed by atoms with E-state index in [-0.39, 0.29) is 6.42 Å². The summed E-state index contributed by atoms with van der Waals surface area (Å²) in [5, 5.41) is 9.10. The lowest BCUT2D eigenvalue weighted by Gasteiger charge is -2.18. The van der Waals surface area contributed by atoms with E-state index in [4.69, 9.17) is 10.00 Å². The van der Waals surface area contributed by atoms with E-state index in [1.54, 1.807) is 0 Å². The largest absolute Gasteiger partial charge is 0.380 e. The van der Waals surface area contributed by atoms with Gasteiger partial charge in [0.05, 0.1) is 18.1 Å². The smallest absolute Gasteiger partial charge is 0.129 e. The van der Waals surface area contributed by atoms with Gasteiger partial charge in [-0.25, -0.2) is 8.78 Å². The molecule has 0 spiro atoms. The normalized spacial score (nSPS) is 24.3. The number of rotatable bonds is 2. The maximum atomic E-state index is 13.4. The highest BCUT2D eigenvalue weighted by molar-refractivity contribution is 5.22. The first-order valence-electron chi connectivity index (χ1n) is 5.08.